The van der Waals surface area contributed by atoms with Crippen LogP contribution in [0.15, 0.2) is 48.5 Å². The Balaban J connectivity index is 1.76. The van der Waals surface area contributed by atoms with Crippen molar-refractivity contribution in [2.24, 2.45) is 0 Å². The van der Waals surface area contributed by atoms with Crippen molar-refractivity contribution in [1.29, 1.82) is 5.26 Å². The van der Waals surface area contributed by atoms with E-state index < -0.39 is 11.3 Å². The summed E-state index contributed by atoms with van der Waals surface area (Å²) in [4.78, 5) is 25.6. The van der Waals surface area contributed by atoms with Gasteiger partial charge in [0.15, 0.2) is 0 Å². The molecule has 1 unspecified atom stereocenters. The van der Waals surface area contributed by atoms with Gasteiger partial charge in [0, 0.05) is 12.0 Å². The minimum absolute atomic E-state index is 0.0626. The van der Waals surface area contributed by atoms with Crippen LogP contribution in [0.3, 0.4) is 0 Å². The van der Waals surface area contributed by atoms with Gasteiger partial charge in [0.05, 0.1) is 17.3 Å². The fourth-order valence-electron chi connectivity index (χ4n) is 3.52. The zero-order valence-corrected chi connectivity index (χ0v) is 16.8. The number of alkyl halides is 1. The summed E-state index contributed by atoms with van der Waals surface area (Å²) in [6.45, 7) is 0. The van der Waals surface area contributed by atoms with E-state index >= 15 is 0 Å². The highest BCUT2D eigenvalue weighted by atomic mass is 35.5. The van der Waals surface area contributed by atoms with Crippen LogP contribution in [0.2, 0.25) is 0 Å². The van der Waals surface area contributed by atoms with Crippen LogP contribution >= 0.6 is 11.6 Å². The van der Waals surface area contributed by atoms with E-state index in [0.29, 0.717) is 22.4 Å². The standard InChI is InChI=1S/C23H23ClN2O3/c24-17(15-25)14-16-8-4-5-11-19(16)22(27)26-21-13-7-6-12-20(21)23(28)29-18-9-2-1-3-10-18/h4-8,11-13,17-18H,1-3,9-10,14H2,(H,26,27). The molecule has 29 heavy (non-hydrogen) atoms. The van der Waals surface area contributed by atoms with Crippen LogP contribution in [0.4, 0.5) is 5.69 Å². The third-order valence-corrected chi connectivity index (χ3v) is 5.27. The van der Waals surface area contributed by atoms with Gasteiger partial charge in [-0.2, -0.15) is 5.26 Å². The summed E-state index contributed by atoms with van der Waals surface area (Å²) in [5, 5.41) is 11.0. The highest BCUT2D eigenvalue weighted by Gasteiger charge is 2.22. The van der Waals surface area contributed by atoms with Crippen LogP contribution < -0.4 is 5.32 Å². The van der Waals surface area contributed by atoms with Gasteiger partial charge >= 0.3 is 5.97 Å². The molecule has 2 aromatic rings. The molecule has 150 valence electrons. The molecule has 1 saturated carbocycles. The van der Waals surface area contributed by atoms with Crippen LogP contribution in [0, 0.1) is 11.3 Å². The highest BCUT2D eigenvalue weighted by molar-refractivity contribution is 6.22. The minimum atomic E-state index is -0.721. The molecule has 6 heteroatoms. The molecule has 1 fully saturated rings. The molecule has 1 aliphatic rings. The van der Waals surface area contributed by atoms with Gasteiger partial charge in [0.1, 0.15) is 11.5 Å². The molecule has 0 aromatic heterocycles. The van der Waals surface area contributed by atoms with Gasteiger partial charge in [0.25, 0.3) is 5.91 Å². The van der Waals surface area contributed by atoms with E-state index in [4.69, 9.17) is 21.6 Å². The number of nitrogens with one attached hydrogen (secondary N) is 1. The van der Waals surface area contributed by atoms with Gasteiger partial charge in [-0.05, 0) is 49.4 Å². The average Bonchev–Trinajstić information content (AvgIpc) is 2.75. The number of nitriles is 1. The predicted molar refractivity (Wildman–Crippen MR) is 112 cm³/mol. The van der Waals surface area contributed by atoms with Crippen molar-refractivity contribution >= 4 is 29.2 Å². The van der Waals surface area contributed by atoms with E-state index in [1.165, 1.54) is 6.42 Å². The summed E-state index contributed by atoms with van der Waals surface area (Å²) >= 11 is 5.94. The summed E-state index contributed by atoms with van der Waals surface area (Å²) in [5.41, 5.74) is 1.82. The molecule has 0 radical (unpaired) electrons. The smallest absolute Gasteiger partial charge is 0.340 e. The lowest BCUT2D eigenvalue weighted by atomic mass is 9.98. The normalized spacial score (nSPS) is 15.2. The van der Waals surface area contributed by atoms with Gasteiger partial charge < -0.3 is 10.1 Å². The van der Waals surface area contributed by atoms with Crippen LogP contribution in [-0.2, 0) is 11.2 Å². The second kappa shape index (κ2) is 10.1. The Hall–Kier alpha value is -2.84. The van der Waals surface area contributed by atoms with Gasteiger partial charge in [-0.1, -0.05) is 36.8 Å². The highest BCUT2D eigenvalue weighted by Crippen LogP contribution is 2.24. The molecule has 1 N–H and O–H groups in total. The Kier molecular flexibility index (Phi) is 7.26. The molecule has 2 aromatic carbocycles. The number of anilines is 1. The molecule has 0 spiro atoms. The molecule has 3 rings (SSSR count). The number of hydrogen-bond donors (Lipinski definition) is 1. The number of nitrogens with zero attached hydrogens (tertiary/aromatic N) is 1. The first-order valence-electron chi connectivity index (χ1n) is 9.81. The first-order chi connectivity index (χ1) is 14.1. The molecule has 1 atom stereocenters. The lowest BCUT2D eigenvalue weighted by Gasteiger charge is -2.22. The van der Waals surface area contributed by atoms with Crippen molar-refractivity contribution in [3.63, 3.8) is 0 Å². The maximum Gasteiger partial charge on any atom is 0.340 e. The first-order valence-corrected chi connectivity index (χ1v) is 10.2. The molecular formula is C23H23ClN2O3. The van der Waals surface area contributed by atoms with Crippen molar-refractivity contribution < 1.29 is 14.3 Å². The van der Waals surface area contributed by atoms with Crippen molar-refractivity contribution in [2.75, 3.05) is 5.32 Å². The summed E-state index contributed by atoms with van der Waals surface area (Å²) in [6.07, 6.45) is 5.27. The van der Waals surface area contributed by atoms with Gasteiger partial charge in [-0.15, -0.1) is 11.6 Å². The SMILES string of the molecule is N#CC(Cl)Cc1ccccc1C(=O)Nc1ccccc1C(=O)OC1CCCCC1. The largest absolute Gasteiger partial charge is 0.459 e. The zero-order chi connectivity index (χ0) is 20.6. The van der Waals surface area contributed by atoms with Crippen molar-refractivity contribution in [3.8, 4) is 6.07 Å². The Morgan fingerprint density at radius 2 is 1.72 bits per heavy atom. The monoisotopic (exact) mass is 410 g/mol. The van der Waals surface area contributed by atoms with E-state index in [0.717, 1.165) is 25.7 Å². The summed E-state index contributed by atoms with van der Waals surface area (Å²) < 4.78 is 5.65. The minimum Gasteiger partial charge on any atom is -0.459 e. The molecule has 1 aliphatic carbocycles. The summed E-state index contributed by atoms with van der Waals surface area (Å²) in [5.74, 6) is -0.785. The van der Waals surface area contributed by atoms with Crippen LogP contribution in [-0.4, -0.2) is 23.4 Å². The quantitative estimate of drug-likeness (QED) is 0.530. The second-order valence-electron chi connectivity index (χ2n) is 7.12. The Labute approximate surface area is 175 Å². The number of carbonyl (C=O) groups is 2. The maximum atomic E-state index is 12.9. The average molecular weight is 411 g/mol. The number of rotatable bonds is 6. The number of esters is 1. The van der Waals surface area contributed by atoms with E-state index in [1.54, 1.807) is 48.5 Å². The van der Waals surface area contributed by atoms with Gasteiger partial charge in [-0.3, -0.25) is 4.79 Å². The number of para-hydroxylation sites is 1. The number of hydrogen-bond acceptors (Lipinski definition) is 4. The molecular weight excluding hydrogens is 388 g/mol. The summed E-state index contributed by atoms with van der Waals surface area (Å²) in [6, 6.07) is 15.8. The number of ether oxygens (including phenoxy) is 1. The maximum absolute atomic E-state index is 12.9. The number of carbonyl (C=O) groups excluding carboxylic acids is 2. The molecule has 0 heterocycles. The predicted octanol–water partition coefficient (Wildman–Crippen LogP) is 5.10. The third kappa shape index (κ3) is 5.58. The van der Waals surface area contributed by atoms with Crippen LogP contribution in [0.25, 0.3) is 0 Å². The second-order valence-corrected chi connectivity index (χ2v) is 7.65. The van der Waals surface area contributed by atoms with Crippen LogP contribution in [0.5, 0.6) is 0 Å². The van der Waals surface area contributed by atoms with E-state index in [1.807, 2.05) is 6.07 Å². The van der Waals surface area contributed by atoms with Crippen molar-refractivity contribution in [3.05, 3.63) is 65.2 Å². The first kappa shape index (κ1) is 20.9. The molecule has 0 aliphatic heterocycles. The van der Waals surface area contributed by atoms with E-state index in [2.05, 4.69) is 5.32 Å². The molecule has 0 bridgehead atoms. The van der Waals surface area contributed by atoms with Crippen molar-refractivity contribution in [2.45, 2.75) is 50.0 Å². The number of halogens is 1. The third-order valence-electron chi connectivity index (χ3n) is 5.02. The van der Waals surface area contributed by atoms with E-state index in [9.17, 15) is 9.59 Å². The zero-order valence-electron chi connectivity index (χ0n) is 16.1. The Morgan fingerprint density at radius 3 is 2.45 bits per heavy atom. The lowest BCUT2D eigenvalue weighted by Crippen LogP contribution is -2.22. The Bertz CT molecular complexity index is 916. The fraction of sp³-hybridized carbons (Fsp3) is 0.348. The van der Waals surface area contributed by atoms with E-state index in [-0.39, 0.29) is 18.4 Å². The van der Waals surface area contributed by atoms with Gasteiger partial charge in [-0.25, -0.2) is 4.79 Å². The van der Waals surface area contributed by atoms with Crippen molar-refractivity contribution in [1.82, 2.24) is 0 Å². The Morgan fingerprint density at radius 1 is 1.07 bits per heavy atom. The molecule has 5 nitrogen and oxygen atoms in total. The van der Waals surface area contributed by atoms with Gasteiger partial charge in [0.2, 0.25) is 0 Å². The molecule has 1 amide bonds. The lowest BCUT2D eigenvalue weighted by molar-refractivity contribution is 0.0212. The fourth-order valence-corrected chi connectivity index (χ4v) is 3.68. The summed E-state index contributed by atoms with van der Waals surface area (Å²) in [7, 11) is 0. The number of benzene rings is 2. The topological polar surface area (TPSA) is 79.2 Å². The molecule has 0 saturated heterocycles. The number of amides is 1. The van der Waals surface area contributed by atoms with Crippen LogP contribution in [0.1, 0.15) is 58.4 Å².